The average molecular weight is 669 g/mol. The summed E-state index contributed by atoms with van der Waals surface area (Å²) >= 11 is 0. The molecule has 0 atom stereocenters. The lowest BCUT2D eigenvalue weighted by Crippen LogP contribution is -2.45. The van der Waals surface area contributed by atoms with Crippen LogP contribution in [0.3, 0.4) is 0 Å². The zero-order valence-corrected chi connectivity index (χ0v) is 25.1. The molecule has 0 radical (unpaired) electrons. The summed E-state index contributed by atoms with van der Waals surface area (Å²) < 4.78 is 88.9. The van der Waals surface area contributed by atoms with Gasteiger partial charge in [-0.3, -0.25) is 14.6 Å². The van der Waals surface area contributed by atoms with Crippen LogP contribution in [0.1, 0.15) is 50.1 Å². The number of nitrogens with zero attached hydrogens (tertiary/aromatic N) is 7. The van der Waals surface area contributed by atoms with Gasteiger partial charge in [0.25, 0.3) is 6.43 Å². The first kappa shape index (κ1) is 32.7. The maximum atomic E-state index is 13.5. The Morgan fingerprint density at radius 1 is 1.00 bits per heavy atom. The largest absolute Gasteiger partial charge is 0.469 e. The number of carbonyl (C=O) groups excluding carboxylic acids is 1. The van der Waals surface area contributed by atoms with Crippen LogP contribution < -0.4 is 15.0 Å². The van der Waals surface area contributed by atoms with Crippen molar-refractivity contribution < 1.29 is 45.7 Å². The van der Waals surface area contributed by atoms with Crippen LogP contribution in [-0.4, -0.2) is 93.5 Å². The fourth-order valence-corrected chi connectivity index (χ4v) is 5.67. The second kappa shape index (κ2) is 14.3. The highest BCUT2D eigenvalue weighted by Crippen LogP contribution is 2.36. The molecule has 3 aromatic rings. The summed E-state index contributed by atoms with van der Waals surface area (Å²) in [6.45, 7) is 0.585. The number of anilines is 2. The van der Waals surface area contributed by atoms with Crippen molar-refractivity contribution in [3.63, 3.8) is 0 Å². The molecule has 254 valence electrons. The van der Waals surface area contributed by atoms with Crippen LogP contribution in [0.2, 0.25) is 0 Å². The van der Waals surface area contributed by atoms with Gasteiger partial charge in [-0.2, -0.15) is 23.3 Å². The van der Waals surface area contributed by atoms with Crippen LogP contribution in [-0.2, 0) is 20.4 Å². The van der Waals surface area contributed by atoms with Crippen molar-refractivity contribution in [1.29, 1.82) is 0 Å². The molecule has 5 heterocycles. The highest BCUT2D eigenvalue weighted by Gasteiger charge is 2.38. The van der Waals surface area contributed by atoms with Crippen LogP contribution >= 0.6 is 0 Å². The topological polar surface area (TPSA) is 139 Å². The standard InChI is InChI=1S/C29H33F5N8O5/c30-24(31)16-46-28(43)42(25-12-35-23(11-36-25)17-9-38-41(13-17)19-5-7-44-8-6-19)20-3-1-18(2-4-20)39-27-37-10-22(29(32,33)34)26(40-27)47-21-14-45-15-21/h9-13,18-21,24H,1-8,14-16H2,(H,37,39,40)/t18-,20-. The Labute approximate surface area is 265 Å². The molecule has 6 rings (SSSR count). The van der Waals surface area contributed by atoms with E-state index in [9.17, 15) is 26.7 Å². The van der Waals surface area contributed by atoms with Gasteiger partial charge in [0.05, 0.1) is 43.5 Å². The zero-order valence-electron chi connectivity index (χ0n) is 25.1. The Balaban J connectivity index is 1.12. The summed E-state index contributed by atoms with van der Waals surface area (Å²) in [7, 11) is 0. The third-order valence-corrected chi connectivity index (χ3v) is 8.22. The van der Waals surface area contributed by atoms with Crippen molar-refractivity contribution in [3.8, 4) is 17.1 Å². The van der Waals surface area contributed by atoms with E-state index in [1.807, 2.05) is 10.9 Å². The van der Waals surface area contributed by atoms with Crippen molar-refractivity contribution in [3.05, 3.63) is 36.5 Å². The SMILES string of the molecule is O=C(OCC(F)F)N(c1cnc(-c2cnn(C3CCOCC3)c2)cn1)[C@H]1CC[C@H](Nc2ncc(C(F)(F)F)c(OC3COC3)n2)CC1. The normalized spacial score (nSPS) is 20.9. The lowest BCUT2D eigenvalue weighted by molar-refractivity contribution is -0.142. The Hall–Kier alpha value is -4.19. The molecule has 3 aromatic heterocycles. The number of carbonyl (C=O) groups is 1. The van der Waals surface area contributed by atoms with Crippen molar-refractivity contribution in [2.75, 3.05) is 43.3 Å². The minimum atomic E-state index is -4.70. The monoisotopic (exact) mass is 668 g/mol. The molecule has 1 saturated carbocycles. The number of rotatable bonds is 10. The minimum absolute atomic E-state index is 0.0357. The number of hydrogen-bond acceptors (Lipinski definition) is 11. The Kier molecular flexibility index (Phi) is 9.95. The third kappa shape index (κ3) is 8.04. The molecule has 3 fully saturated rings. The van der Waals surface area contributed by atoms with Crippen molar-refractivity contribution in [2.45, 2.75) is 75.4 Å². The van der Waals surface area contributed by atoms with Gasteiger partial charge in [0.15, 0.2) is 12.4 Å². The summed E-state index contributed by atoms with van der Waals surface area (Å²) in [5.41, 5.74) is 0.163. The molecule has 2 saturated heterocycles. The van der Waals surface area contributed by atoms with E-state index in [1.54, 1.807) is 6.20 Å². The van der Waals surface area contributed by atoms with Gasteiger partial charge in [-0.05, 0) is 38.5 Å². The second-order valence-corrected chi connectivity index (χ2v) is 11.5. The second-order valence-electron chi connectivity index (χ2n) is 11.5. The molecule has 0 spiro atoms. The molecule has 1 amide bonds. The molecule has 0 bridgehead atoms. The Morgan fingerprint density at radius 2 is 1.77 bits per heavy atom. The van der Waals surface area contributed by atoms with E-state index in [-0.39, 0.29) is 37.1 Å². The van der Waals surface area contributed by atoms with E-state index in [0.29, 0.717) is 50.8 Å². The number of amides is 1. The molecule has 2 aliphatic heterocycles. The fraction of sp³-hybridized carbons (Fsp3) is 0.586. The zero-order chi connectivity index (χ0) is 33.0. The quantitative estimate of drug-likeness (QED) is 0.295. The highest BCUT2D eigenvalue weighted by molar-refractivity contribution is 5.87. The van der Waals surface area contributed by atoms with Gasteiger partial charge >= 0.3 is 12.3 Å². The molecular formula is C29H33F5N8O5. The lowest BCUT2D eigenvalue weighted by atomic mass is 9.90. The smallest absolute Gasteiger partial charge is 0.423 e. The van der Waals surface area contributed by atoms with E-state index in [0.717, 1.165) is 18.4 Å². The summed E-state index contributed by atoms with van der Waals surface area (Å²) in [6.07, 6.45) is 1.44. The van der Waals surface area contributed by atoms with Crippen molar-refractivity contribution in [1.82, 2.24) is 29.7 Å². The number of halogens is 5. The number of aromatic nitrogens is 6. The predicted octanol–water partition coefficient (Wildman–Crippen LogP) is 4.91. The van der Waals surface area contributed by atoms with Gasteiger partial charge in [-0.1, -0.05) is 0 Å². The molecule has 0 unspecified atom stereocenters. The first-order chi connectivity index (χ1) is 22.6. The van der Waals surface area contributed by atoms with E-state index >= 15 is 0 Å². The fourth-order valence-electron chi connectivity index (χ4n) is 5.67. The van der Waals surface area contributed by atoms with E-state index in [2.05, 4.69) is 30.4 Å². The third-order valence-electron chi connectivity index (χ3n) is 8.22. The average Bonchev–Trinajstić information content (AvgIpc) is 3.54. The van der Waals surface area contributed by atoms with Crippen molar-refractivity contribution in [2.24, 2.45) is 0 Å². The maximum Gasteiger partial charge on any atom is 0.423 e. The molecule has 1 aliphatic carbocycles. The van der Waals surface area contributed by atoms with Gasteiger partial charge in [-0.25, -0.2) is 23.5 Å². The summed E-state index contributed by atoms with van der Waals surface area (Å²) in [5.74, 6) is -0.483. The number of ether oxygens (including phenoxy) is 4. The highest BCUT2D eigenvalue weighted by atomic mass is 19.4. The summed E-state index contributed by atoms with van der Waals surface area (Å²) in [5, 5.41) is 7.50. The van der Waals surface area contributed by atoms with Gasteiger partial charge in [0, 0.05) is 43.3 Å². The first-order valence-corrected chi connectivity index (χ1v) is 15.3. The maximum absolute atomic E-state index is 13.5. The van der Waals surface area contributed by atoms with Gasteiger partial charge in [-0.15, -0.1) is 0 Å². The van der Waals surface area contributed by atoms with Crippen LogP contribution in [0, 0.1) is 0 Å². The van der Waals surface area contributed by atoms with Gasteiger partial charge < -0.3 is 24.3 Å². The van der Waals surface area contributed by atoms with Crippen LogP contribution in [0.15, 0.2) is 31.0 Å². The van der Waals surface area contributed by atoms with Crippen molar-refractivity contribution >= 4 is 17.9 Å². The molecule has 18 heteroatoms. The predicted molar refractivity (Wildman–Crippen MR) is 154 cm³/mol. The molecule has 0 aromatic carbocycles. The van der Waals surface area contributed by atoms with E-state index in [1.165, 1.54) is 17.3 Å². The van der Waals surface area contributed by atoms with E-state index in [4.69, 9.17) is 18.9 Å². The first-order valence-electron chi connectivity index (χ1n) is 15.3. The Bertz CT molecular complexity index is 1490. The minimum Gasteiger partial charge on any atom is -0.469 e. The Morgan fingerprint density at radius 3 is 2.40 bits per heavy atom. The van der Waals surface area contributed by atoms with Crippen LogP contribution in [0.5, 0.6) is 5.88 Å². The molecule has 1 N–H and O–H groups in total. The molecule has 47 heavy (non-hydrogen) atoms. The number of nitrogens with one attached hydrogen (secondary N) is 1. The molecule has 13 nitrogen and oxygen atoms in total. The van der Waals surface area contributed by atoms with E-state index < -0.39 is 48.9 Å². The molecular weight excluding hydrogens is 635 g/mol. The van der Waals surface area contributed by atoms with Crippen LogP contribution in [0.4, 0.5) is 38.5 Å². The molecule has 3 aliphatic rings. The van der Waals surface area contributed by atoms with Gasteiger partial charge in [0.1, 0.15) is 11.7 Å². The van der Waals surface area contributed by atoms with Crippen LogP contribution in [0.25, 0.3) is 11.3 Å². The summed E-state index contributed by atoms with van der Waals surface area (Å²) in [4.78, 5) is 31.0. The summed E-state index contributed by atoms with van der Waals surface area (Å²) in [6, 6.07) is -0.499. The lowest BCUT2D eigenvalue weighted by Gasteiger charge is -2.35. The number of hydrogen-bond donors (Lipinski definition) is 1. The van der Waals surface area contributed by atoms with Gasteiger partial charge in [0.2, 0.25) is 11.8 Å². The number of alkyl halides is 5.